The SMILES string of the molecule is NCc1cc(F)ccc1CSCC1CCCC1. The number of thioether (sulfide) groups is 1. The topological polar surface area (TPSA) is 26.0 Å². The molecule has 1 aromatic carbocycles. The summed E-state index contributed by atoms with van der Waals surface area (Å²) in [6.45, 7) is 0.428. The molecule has 0 unspecified atom stereocenters. The standard InChI is InChI=1S/C14H20FNS/c15-14-6-5-12(13(7-14)8-16)10-17-9-11-3-1-2-4-11/h5-7,11H,1-4,8-10,16H2. The molecule has 0 aromatic heterocycles. The van der Waals surface area contributed by atoms with Crippen LogP contribution in [0.4, 0.5) is 4.39 Å². The lowest BCUT2D eigenvalue weighted by molar-refractivity contribution is 0.622. The first kappa shape index (κ1) is 12.9. The van der Waals surface area contributed by atoms with Crippen LogP contribution in [0.1, 0.15) is 36.8 Å². The summed E-state index contributed by atoms with van der Waals surface area (Å²) in [5.41, 5.74) is 7.78. The normalized spacial score (nSPS) is 16.6. The molecule has 3 heteroatoms. The summed E-state index contributed by atoms with van der Waals surface area (Å²) in [6, 6.07) is 4.97. The second kappa shape index (κ2) is 6.41. The lowest BCUT2D eigenvalue weighted by Gasteiger charge is -2.10. The minimum Gasteiger partial charge on any atom is -0.326 e. The van der Waals surface area contributed by atoms with Gasteiger partial charge in [-0.05, 0) is 47.8 Å². The van der Waals surface area contributed by atoms with Gasteiger partial charge in [0.15, 0.2) is 0 Å². The third kappa shape index (κ3) is 3.71. The van der Waals surface area contributed by atoms with Crippen LogP contribution in [0.25, 0.3) is 0 Å². The maximum Gasteiger partial charge on any atom is 0.123 e. The van der Waals surface area contributed by atoms with E-state index in [9.17, 15) is 4.39 Å². The van der Waals surface area contributed by atoms with Gasteiger partial charge in [-0.2, -0.15) is 11.8 Å². The van der Waals surface area contributed by atoms with Crippen LogP contribution in [-0.4, -0.2) is 5.75 Å². The maximum atomic E-state index is 13.0. The van der Waals surface area contributed by atoms with Crippen molar-refractivity contribution in [2.24, 2.45) is 11.7 Å². The zero-order valence-corrected chi connectivity index (χ0v) is 10.9. The van der Waals surface area contributed by atoms with Crippen molar-refractivity contribution in [3.63, 3.8) is 0 Å². The number of hydrogen-bond acceptors (Lipinski definition) is 2. The van der Waals surface area contributed by atoms with Crippen LogP contribution >= 0.6 is 11.8 Å². The Kier molecular flexibility index (Phi) is 4.86. The predicted octanol–water partition coefficient (Wildman–Crippen LogP) is 3.71. The highest BCUT2D eigenvalue weighted by atomic mass is 32.2. The summed E-state index contributed by atoms with van der Waals surface area (Å²) >= 11 is 1.96. The number of benzene rings is 1. The molecule has 94 valence electrons. The molecule has 1 saturated carbocycles. The first-order chi connectivity index (χ1) is 8.29. The Morgan fingerprint density at radius 1 is 1.24 bits per heavy atom. The lowest BCUT2D eigenvalue weighted by Crippen LogP contribution is -2.03. The highest BCUT2D eigenvalue weighted by molar-refractivity contribution is 7.98. The monoisotopic (exact) mass is 253 g/mol. The molecule has 0 radical (unpaired) electrons. The molecule has 0 heterocycles. The van der Waals surface area contributed by atoms with Gasteiger partial charge in [-0.25, -0.2) is 4.39 Å². The van der Waals surface area contributed by atoms with Gasteiger partial charge in [0.1, 0.15) is 5.82 Å². The molecule has 0 spiro atoms. The van der Waals surface area contributed by atoms with Crippen LogP contribution < -0.4 is 5.73 Å². The van der Waals surface area contributed by atoms with E-state index in [2.05, 4.69) is 0 Å². The third-order valence-corrected chi connectivity index (χ3v) is 4.70. The fourth-order valence-electron chi connectivity index (χ4n) is 2.44. The van der Waals surface area contributed by atoms with Gasteiger partial charge in [-0.3, -0.25) is 0 Å². The van der Waals surface area contributed by atoms with Gasteiger partial charge in [0.05, 0.1) is 0 Å². The van der Waals surface area contributed by atoms with Crippen LogP contribution in [0.3, 0.4) is 0 Å². The van der Waals surface area contributed by atoms with Crippen LogP contribution in [-0.2, 0) is 12.3 Å². The van der Waals surface area contributed by atoms with Gasteiger partial charge >= 0.3 is 0 Å². The van der Waals surface area contributed by atoms with E-state index in [1.165, 1.54) is 43.1 Å². The Morgan fingerprint density at radius 3 is 2.71 bits per heavy atom. The molecule has 1 fully saturated rings. The van der Waals surface area contributed by atoms with E-state index in [-0.39, 0.29) is 5.82 Å². The van der Waals surface area contributed by atoms with Crippen molar-refractivity contribution >= 4 is 11.8 Å². The highest BCUT2D eigenvalue weighted by Crippen LogP contribution is 2.29. The van der Waals surface area contributed by atoms with E-state index in [0.29, 0.717) is 6.54 Å². The van der Waals surface area contributed by atoms with Gasteiger partial charge in [0, 0.05) is 12.3 Å². The summed E-state index contributed by atoms with van der Waals surface area (Å²) in [5.74, 6) is 2.92. The molecule has 0 amide bonds. The fourth-order valence-corrected chi connectivity index (χ4v) is 3.72. The third-order valence-electron chi connectivity index (χ3n) is 3.47. The molecule has 1 aliphatic rings. The summed E-state index contributed by atoms with van der Waals surface area (Å²) in [6.07, 6.45) is 5.58. The van der Waals surface area contributed by atoms with Crippen molar-refractivity contribution in [2.45, 2.75) is 38.0 Å². The second-order valence-electron chi connectivity index (χ2n) is 4.78. The Labute approximate surface area is 107 Å². The first-order valence-corrected chi connectivity index (χ1v) is 7.50. The van der Waals surface area contributed by atoms with E-state index in [1.54, 1.807) is 6.07 Å². The van der Waals surface area contributed by atoms with Gasteiger partial charge in [0.25, 0.3) is 0 Å². The molecular weight excluding hydrogens is 233 g/mol. The Bertz CT molecular complexity index is 361. The molecule has 1 aromatic rings. The number of rotatable bonds is 5. The second-order valence-corrected chi connectivity index (χ2v) is 5.81. The molecule has 17 heavy (non-hydrogen) atoms. The van der Waals surface area contributed by atoms with Crippen LogP contribution in [0.2, 0.25) is 0 Å². The fraction of sp³-hybridized carbons (Fsp3) is 0.571. The summed E-state index contributed by atoms with van der Waals surface area (Å²) in [5, 5.41) is 0. The van der Waals surface area contributed by atoms with Crippen molar-refractivity contribution in [1.29, 1.82) is 0 Å². The number of hydrogen-bond donors (Lipinski definition) is 1. The van der Waals surface area contributed by atoms with E-state index in [0.717, 1.165) is 17.2 Å². The maximum absolute atomic E-state index is 13.0. The average Bonchev–Trinajstić information content (AvgIpc) is 2.84. The van der Waals surface area contributed by atoms with E-state index in [4.69, 9.17) is 5.73 Å². The zero-order valence-electron chi connectivity index (χ0n) is 10.1. The molecule has 1 nitrogen and oxygen atoms in total. The molecule has 0 aliphatic heterocycles. The summed E-state index contributed by atoms with van der Waals surface area (Å²) < 4.78 is 13.0. The van der Waals surface area contributed by atoms with E-state index < -0.39 is 0 Å². The Hall–Kier alpha value is -0.540. The minimum absolute atomic E-state index is 0.185. The van der Waals surface area contributed by atoms with Crippen molar-refractivity contribution < 1.29 is 4.39 Å². The van der Waals surface area contributed by atoms with Crippen LogP contribution in [0.5, 0.6) is 0 Å². The zero-order chi connectivity index (χ0) is 12.1. The highest BCUT2D eigenvalue weighted by Gasteiger charge is 2.14. The van der Waals surface area contributed by atoms with Gasteiger partial charge < -0.3 is 5.73 Å². The molecule has 1 aliphatic carbocycles. The Morgan fingerprint density at radius 2 is 2.00 bits per heavy atom. The van der Waals surface area contributed by atoms with Crippen LogP contribution in [0, 0.1) is 11.7 Å². The lowest BCUT2D eigenvalue weighted by atomic mass is 10.1. The quantitative estimate of drug-likeness (QED) is 0.865. The predicted molar refractivity (Wildman–Crippen MR) is 72.4 cm³/mol. The molecule has 0 saturated heterocycles. The number of halogens is 1. The molecule has 2 rings (SSSR count). The largest absolute Gasteiger partial charge is 0.326 e. The summed E-state index contributed by atoms with van der Waals surface area (Å²) in [7, 11) is 0. The van der Waals surface area contributed by atoms with Crippen molar-refractivity contribution in [1.82, 2.24) is 0 Å². The first-order valence-electron chi connectivity index (χ1n) is 6.34. The Balaban J connectivity index is 1.85. The smallest absolute Gasteiger partial charge is 0.123 e. The molecule has 2 N–H and O–H groups in total. The summed E-state index contributed by atoms with van der Waals surface area (Å²) in [4.78, 5) is 0. The average molecular weight is 253 g/mol. The van der Waals surface area contributed by atoms with E-state index >= 15 is 0 Å². The van der Waals surface area contributed by atoms with Gasteiger partial charge in [-0.15, -0.1) is 0 Å². The molecule has 0 atom stereocenters. The van der Waals surface area contributed by atoms with Crippen molar-refractivity contribution in [3.8, 4) is 0 Å². The van der Waals surface area contributed by atoms with Crippen molar-refractivity contribution in [2.75, 3.05) is 5.75 Å². The van der Waals surface area contributed by atoms with Gasteiger partial charge in [-0.1, -0.05) is 18.9 Å². The van der Waals surface area contributed by atoms with Gasteiger partial charge in [0.2, 0.25) is 0 Å². The van der Waals surface area contributed by atoms with E-state index in [1.807, 2.05) is 17.8 Å². The van der Waals surface area contributed by atoms with Crippen LogP contribution in [0.15, 0.2) is 18.2 Å². The molecular formula is C14H20FNS. The minimum atomic E-state index is -0.185. The van der Waals surface area contributed by atoms with Crippen molar-refractivity contribution in [3.05, 3.63) is 35.1 Å². The number of nitrogens with two attached hydrogens (primary N) is 1. The molecule has 0 bridgehead atoms.